The molecule has 0 bridgehead atoms. The van der Waals surface area contributed by atoms with Crippen molar-refractivity contribution in [3.05, 3.63) is 48.4 Å². The number of hydrogen-bond acceptors (Lipinski definition) is 3. The number of aliphatic hydroxyl groups excluding tert-OH is 1. The summed E-state index contributed by atoms with van der Waals surface area (Å²) < 4.78 is 1.98. The Hall–Kier alpha value is -2.20. The van der Waals surface area contributed by atoms with E-state index in [9.17, 15) is 5.11 Å². The molecule has 0 saturated heterocycles. The lowest BCUT2D eigenvalue weighted by molar-refractivity contribution is 0.194. The predicted molar refractivity (Wildman–Crippen MR) is 74.6 cm³/mol. The topological polar surface area (TPSA) is 50.9 Å². The molecule has 4 heteroatoms. The summed E-state index contributed by atoms with van der Waals surface area (Å²) in [5.41, 5.74) is 3.50. The molecule has 0 amide bonds. The van der Waals surface area contributed by atoms with Gasteiger partial charge in [0.15, 0.2) is 0 Å². The Morgan fingerprint density at radius 2 is 2.05 bits per heavy atom. The average molecular weight is 253 g/mol. The molecule has 0 aliphatic rings. The lowest BCUT2D eigenvalue weighted by atomic mass is 10.1. The molecule has 0 radical (unpaired) electrons. The largest absolute Gasteiger partial charge is 0.387 e. The van der Waals surface area contributed by atoms with Crippen molar-refractivity contribution < 1.29 is 5.11 Å². The van der Waals surface area contributed by atoms with E-state index in [1.807, 2.05) is 48.1 Å². The minimum absolute atomic E-state index is 0.562. The highest BCUT2D eigenvalue weighted by molar-refractivity contribution is 5.92. The smallest absolute Gasteiger partial charge is 0.140 e. The number of rotatable bonds is 2. The van der Waals surface area contributed by atoms with Crippen molar-refractivity contribution in [3.8, 4) is 11.3 Å². The molecular weight excluding hydrogens is 238 g/mol. The highest BCUT2D eigenvalue weighted by Gasteiger charge is 2.10. The van der Waals surface area contributed by atoms with Gasteiger partial charge in [-0.1, -0.05) is 6.07 Å². The van der Waals surface area contributed by atoms with E-state index in [4.69, 9.17) is 0 Å². The van der Waals surface area contributed by atoms with Crippen molar-refractivity contribution in [3.63, 3.8) is 0 Å². The molecule has 0 aromatic carbocycles. The van der Waals surface area contributed by atoms with Crippen molar-refractivity contribution in [2.75, 3.05) is 0 Å². The van der Waals surface area contributed by atoms with Crippen molar-refractivity contribution in [1.29, 1.82) is 0 Å². The van der Waals surface area contributed by atoms with E-state index in [0.717, 1.165) is 22.3 Å². The third kappa shape index (κ3) is 2.00. The molecular formula is C15H15N3O. The number of aromatic nitrogens is 3. The molecule has 0 saturated carbocycles. The van der Waals surface area contributed by atoms with Crippen molar-refractivity contribution in [2.24, 2.45) is 7.05 Å². The van der Waals surface area contributed by atoms with E-state index in [2.05, 4.69) is 9.97 Å². The molecule has 0 spiro atoms. The van der Waals surface area contributed by atoms with Gasteiger partial charge in [-0.3, -0.25) is 4.98 Å². The van der Waals surface area contributed by atoms with Crippen molar-refractivity contribution in [1.82, 2.24) is 14.5 Å². The summed E-state index contributed by atoms with van der Waals surface area (Å²) in [5.74, 6) is 0. The van der Waals surface area contributed by atoms with Gasteiger partial charge in [-0.15, -0.1) is 0 Å². The summed E-state index contributed by atoms with van der Waals surface area (Å²) in [7, 11) is 1.97. The van der Waals surface area contributed by atoms with Gasteiger partial charge in [0.1, 0.15) is 5.65 Å². The zero-order valence-electron chi connectivity index (χ0n) is 10.9. The second kappa shape index (κ2) is 4.48. The summed E-state index contributed by atoms with van der Waals surface area (Å²) in [6, 6.07) is 9.69. The molecule has 4 nitrogen and oxygen atoms in total. The standard InChI is InChI=1S/C15H15N3O/c1-10(19)13-4-3-5-14(17-13)11-6-8-16-15-12(11)7-9-18(15)2/h3-10,19H,1-2H3/t10-/m0/s1. The van der Waals surface area contributed by atoms with Crippen LogP contribution in [0.4, 0.5) is 0 Å². The Morgan fingerprint density at radius 1 is 1.21 bits per heavy atom. The number of pyridine rings is 2. The van der Waals surface area contributed by atoms with Gasteiger partial charge < -0.3 is 9.67 Å². The maximum absolute atomic E-state index is 9.63. The maximum atomic E-state index is 9.63. The first kappa shape index (κ1) is 11.9. The van der Waals surface area contributed by atoms with E-state index in [-0.39, 0.29) is 0 Å². The van der Waals surface area contributed by atoms with E-state index >= 15 is 0 Å². The molecule has 1 atom stereocenters. The highest BCUT2D eigenvalue weighted by Crippen LogP contribution is 2.27. The number of fused-ring (bicyclic) bond motifs is 1. The minimum atomic E-state index is -0.562. The number of hydrogen-bond donors (Lipinski definition) is 1. The Labute approximate surface area is 111 Å². The zero-order valence-corrected chi connectivity index (χ0v) is 10.9. The van der Waals surface area contributed by atoms with Crippen molar-refractivity contribution >= 4 is 11.0 Å². The van der Waals surface area contributed by atoms with E-state index in [1.54, 1.807) is 13.1 Å². The number of nitrogens with zero attached hydrogens (tertiary/aromatic N) is 3. The van der Waals surface area contributed by atoms with Crippen LogP contribution in [0.3, 0.4) is 0 Å². The monoisotopic (exact) mass is 253 g/mol. The second-order valence-corrected chi connectivity index (χ2v) is 4.65. The van der Waals surface area contributed by atoms with Gasteiger partial charge in [0.2, 0.25) is 0 Å². The van der Waals surface area contributed by atoms with Crippen molar-refractivity contribution in [2.45, 2.75) is 13.0 Å². The molecule has 0 unspecified atom stereocenters. The number of aliphatic hydroxyl groups is 1. The lowest BCUT2D eigenvalue weighted by Gasteiger charge is -2.07. The van der Waals surface area contributed by atoms with Gasteiger partial charge in [0.25, 0.3) is 0 Å². The van der Waals surface area contributed by atoms with Crippen LogP contribution in [0.15, 0.2) is 42.7 Å². The third-order valence-corrected chi connectivity index (χ3v) is 3.24. The van der Waals surface area contributed by atoms with Gasteiger partial charge in [-0.2, -0.15) is 0 Å². The molecule has 1 N–H and O–H groups in total. The van der Waals surface area contributed by atoms with Crippen LogP contribution in [0.25, 0.3) is 22.3 Å². The first-order valence-corrected chi connectivity index (χ1v) is 6.22. The zero-order chi connectivity index (χ0) is 13.4. The van der Waals surface area contributed by atoms with Gasteiger partial charge in [0.05, 0.1) is 17.5 Å². The van der Waals surface area contributed by atoms with Crippen LogP contribution in [0.2, 0.25) is 0 Å². The third-order valence-electron chi connectivity index (χ3n) is 3.24. The molecule has 0 fully saturated rings. The Balaban J connectivity index is 2.21. The highest BCUT2D eigenvalue weighted by atomic mass is 16.3. The van der Waals surface area contributed by atoms with E-state index in [0.29, 0.717) is 5.69 Å². The Morgan fingerprint density at radius 3 is 2.84 bits per heavy atom. The van der Waals surface area contributed by atoms with Gasteiger partial charge in [0, 0.05) is 30.4 Å². The quantitative estimate of drug-likeness (QED) is 0.764. The maximum Gasteiger partial charge on any atom is 0.140 e. The van der Waals surface area contributed by atoms with E-state index in [1.165, 1.54) is 0 Å². The van der Waals surface area contributed by atoms with Gasteiger partial charge in [-0.25, -0.2) is 4.98 Å². The summed E-state index contributed by atoms with van der Waals surface area (Å²) in [6.45, 7) is 1.72. The van der Waals surface area contributed by atoms with Crippen LogP contribution >= 0.6 is 0 Å². The summed E-state index contributed by atoms with van der Waals surface area (Å²) in [4.78, 5) is 8.89. The average Bonchev–Trinajstić information content (AvgIpc) is 2.81. The summed E-state index contributed by atoms with van der Waals surface area (Å²) in [6.07, 6.45) is 3.21. The number of aryl methyl sites for hydroxylation is 1. The molecule has 3 aromatic rings. The van der Waals surface area contributed by atoms with Gasteiger partial charge in [-0.05, 0) is 31.2 Å². The molecule has 19 heavy (non-hydrogen) atoms. The molecule has 3 aromatic heterocycles. The van der Waals surface area contributed by atoms with Crippen LogP contribution in [0.5, 0.6) is 0 Å². The molecule has 3 rings (SSSR count). The fraction of sp³-hybridized carbons (Fsp3) is 0.200. The van der Waals surface area contributed by atoms with Crippen LogP contribution in [0.1, 0.15) is 18.7 Å². The first-order valence-electron chi connectivity index (χ1n) is 6.22. The SMILES string of the molecule is C[C@H](O)c1cccc(-c2ccnc3c2ccn3C)n1. The minimum Gasteiger partial charge on any atom is -0.387 e. The molecule has 96 valence electrons. The molecule has 3 heterocycles. The first-order chi connectivity index (χ1) is 9.16. The van der Waals surface area contributed by atoms with Crippen LogP contribution in [-0.2, 0) is 7.05 Å². The molecule has 0 aliphatic carbocycles. The normalized spacial score (nSPS) is 12.8. The van der Waals surface area contributed by atoms with Crippen LogP contribution in [-0.4, -0.2) is 19.6 Å². The Bertz CT molecular complexity index is 731. The second-order valence-electron chi connectivity index (χ2n) is 4.65. The summed E-state index contributed by atoms with van der Waals surface area (Å²) >= 11 is 0. The van der Waals surface area contributed by atoms with Gasteiger partial charge >= 0.3 is 0 Å². The van der Waals surface area contributed by atoms with E-state index < -0.39 is 6.10 Å². The van der Waals surface area contributed by atoms with Crippen LogP contribution < -0.4 is 0 Å². The molecule has 0 aliphatic heterocycles. The lowest BCUT2D eigenvalue weighted by Crippen LogP contribution is -1.97. The van der Waals surface area contributed by atoms with Crippen LogP contribution in [0, 0.1) is 0 Å². The Kier molecular flexibility index (Phi) is 2.80. The fourth-order valence-corrected chi connectivity index (χ4v) is 2.22. The fourth-order valence-electron chi connectivity index (χ4n) is 2.22. The summed E-state index contributed by atoms with van der Waals surface area (Å²) in [5, 5.41) is 10.7. The predicted octanol–water partition coefficient (Wildman–Crippen LogP) is 2.69.